The van der Waals surface area contributed by atoms with Crippen molar-refractivity contribution in [2.45, 2.75) is 43.3 Å². The van der Waals surface area contributed by atoms with Crippen molar-refractivity contribution in [1.82, 2.24) is 10.3 Å². The predicted molar refractivity (Wildman–Crippen MR) is 150 cm³/mol. The zero-order valence-corrected chi connectivity index (χ0v) is 23.3. The van der Waals surface area contributed by atoms with Gasteiger partial charge in [-0.1, -0.05) is 0 Å². The van der Waals surface area contributed by atoms with Gasteiger partial charge in [0.15, 0.2) is 0 Å². The Morgan fingerprint density at radius 3 is 2.51 bits per heavy atom. The molecule has 1 aromatic heterocycles. The first kappa shape index (κ1) is 29.8. The Morgan fingerprint density at radius 2 is 1.93 bits per heavy atom. The number of rotatable bonds is 10. The number of carbonyl (C=O) groups is 2. The van der Waals surface area contributed by atoms with Crippen LogP contribution in [-0.4, -0.2) is 55.5 Å². The van der Waals surface area contributed by atoms with Crippen LogP contribution in [-0.2, 0) is 10.2 Å². The lowest BCUT2D eigenvalue weighted by atomic mass is 9.82. The SMILES string of the molecule is COc1cc(C(=O)NC[C@H](c2cc3c(c(-c4ccc(F)cc4)n2)OC[C@]3(C)C(N)=O)C(F)(F)F)cc(NC2CC2)c1C=N. The van der Waals surface area contributed by atoms with Crippen LogP contribution in [0.1, 0.15) is 52.9 Å². The molecule has 2 aromatic carbocycles. The van der Waals surface area contributed by atoms with E-state index in [0.717, 1.165) is 37.3 Å². The van der Waals surface area contributed by atoms with E-state index in [1.165, 1.54) is 38.3 Å². The highest BCUT2D eigenvalue weighted by Gasteiger charge is 2.47. The minimum Gasteiger partial charge on any atom is -0.496 e. The van der Waals surface area contributed by atoms with Gasteiger partial charge < -0.3 is 31.3 Å². The molecule has 43 heavy (non-hydrogen) atoms. The summed E-state index contributed by atoms with van der Waals surface area (Å²) in [5, 5.41) is 13.3. The normalized spacial score (nSPS) is 18.3. The summed E-state index contributed by atoms with van der Waals surface area (Å²) in [4.78, 5) is 29.8. The third-order valence-corrected chi connectivity index (χ3v) is 7.68. The summed E-state index contributed by atoms with van der Waals surface area (Å²) in [5.74, 6) is -4.15. The zero-order chi connectivity index (χ0) is 31.1. The second kappa shape index (κ2) is 11.2. The number of pyridine rings is 1. The summed E-state index contributed by atoms with van der Waals surface area (Å²) in [6.45, 7) is 0.364. The summed E-state index contributed by atoms with van der Waals surface area (Å²) in [5.41, 5.74) is 4.99. The molecule has 1 saturated carbocycles. The number of fused-ring (bicyclic) bond motifs is 1. The number of methoxy groups -OCH3 is 1. The number of amides is 2. The van der Waals surface area contributed by atoms with Gasteiger partial charge in [-0.05, 0) is 62.2 Å². The standard InChI is InChI=1S/C30H29F4N5O4/c1-29(28(36)41)14-43-26-20(29)11-23(39-25(26)15-3-5-17(31)6-4-15)21(30(32,33)34)13-37-27(40)16-9-22(38-18-7-8-18)19(12-35)24(10-16)42-2/h3-6,9-12,18,21,35,38H,7-8,13-14H2,1-2H3,(H2,36,41)(H,37,40)/t21-,29+/m1/s1. The lowest BCUT2D eigenvalue weighted by Gasteiger charge is -2.24. The lowest BCUT2D eigenvalue weighted by molar-refractivity contribution is -0.149. The van der Waals surface area contributed by atoms with Crippen molar-refractivity contribution in [3.8, 4) is 22.8 Å². The van der Waals surface area contributed by atoms with Crippen molar-refractivity contribution in [1.29, 1.82) is 5.41 Å². The van der Waals surface area contributed by atoms with Crippen LogP contribution in [0.2, 0.25) is 0 Å². The molecule has 9 nitrogen and oxygen atoms in total. The summed E-state index contributed by atoms with van der Waals surface area (Å²) >= 11 is 0. The molecular formula is C30H29F4N5O4. The Kier molecular flexibility index (Phi) is 7.76. The molecule has 1 aliphatic carbocycles. The molecule has 226 valence electrons. The van der Waals surface area contributed by atoms with Crippen LogP contribution < -0.4 is 25.8 Å². The number of nitrogens with one attached hydrogen (secondary N) is 3. The van der Waals surface area contributed by atoms with Crippen LogP contribution in [0.3, 0.4) is 0 Å². The molecule has 5 rings (SSSR count). The number of benzene rings is 2. The molecule has 2 amide bonds. The number of primary amides is 1. The van der Waals surface area contributed by atoms with Crippen molar-refractivity contribution >= 4 is 23.7 Å². The van der Waals surface area contributed by atoms with Gasteiger partial charge in [-0.3, -0.25) is 9.59 Å². The summed E-state index contributed by atoms with van der Waals surface area (Å²) in [7, 11) is 1.37. The summed E-state index contributed by atoms with van der Waals surface area (Å²) in [6, 6.07) is 9.06. The molecule has 0 unspecified atom stereocenters. The number of carbonyl (C=O) groups excluding carboxylic acids is 2. The van der Waals surface area contributed by atoms with Crippen molar-refractivity contribution in [2.75, 3.05) is 25.6 Å². The van der Waals surface area contributed by atoms with Crippen LogP contribution in [0.15, 0.2) is 42.5 Å². The average molecular weight is 600 g/mol. The second-order valence-electron chi connectivity index (χ2n) is 10.8. The fourth-order valence-electron chi connectivity index (χ4n) is 4.92. The number of alkyl halides is 3. The first-order valence-corrected chi connectivity index (χ1v) is 13.4. The van der Waals surface area contributed by atoms with E-state index in [1.54, 1.807) is 0 Å². The topological polar surface area (TPSA) is 139 Å². The monoisotopic (exact) mass is 599 g/mol. The molecule has 0 radical (unpaired) electrons. The highest BCUT2D eigenvalue weighted by atomic mass is 19.4. The number of nitrogens with zero attached hydrogens (tertiary/aromatic N) is 1. The second-order valence-corrected chi connectivity index (χ2v) is 10.8. The van der Waals surface area contributed by atoms with Crippen molar-refractivity contribution in [3.63, 3.8) is 0 Å². The van der Waals surface area contributed by atoms with E-state index >= 15 is 0 Å². The first-order chi connectivity index (χ1) is 20.3. The zero-order valence-electron chi connectivity index (χ0n) is 23.3. The van der Waals surface area contributed by atoms with Gasteiger partial charge in [-0.2, -0.15) is 13.2 Å². The highest BCUT2D eigenvalue weighted by Crippen LogP contribution is 2.46. The van der Waals surface area contributed by atoms with E-state index in [4.69, 9.17) is 20.6 Å². The third-order valence-electron chi connectivity index (χ3n) is 7.68. The largest absolute Gasteiger partial charge is 0.496 e. The average Bonchev–Trinajstić information content (AvgIpc) is 3.72. The Morgan fingerprint density at radius 1 is 1.23 bits per heavy atom. The van der Waals surface area contributed by atoms with E-state index in [-0.39, 0.29) is 46.5 Å². The number of anilines is 1. The van der Waals surface area contributed by atoms with E-state index in [9.17, 15) is 27.2 Å². The number of hydrogen-bond donors (Lipinski definition) is 4. The number of ether oxygens (including phenoxy) is 2. The highest BCUT2D eigenvalue weighted by molar-refractivity contribution is 5.99. The van der Waals surface area contributed by atoms with Crippen LogP contribution >= 0.6 is 0 Å². The molecular weight excluding hydrogens is 570 g/mol. The van der Waals surface area contributed by atoms with Gasteiger partial charge in [0.05, 0.1) is 18.4 Å². The predicted octanol–water partition coefficient (Wildman–Crippen LogP) is 4.68. The molecule has 0 saturated heterocycles. The van der Waals surface area contributed by atoms with Gasteiger partial charge >= 0.3 is 6.18 Å². The molecule has 2 heterocycles. The Balaban J connectivity index is 1.52. The molecule has 0 bridgehead atoms. The Hall–Kier alpha value is -4.68. The first-order valence-electron chi connectivity index (χ1n) is 13.4. The molecule has 5 N–H and O–H groups in total. The summed E-state index contributed by atoms with van der Waals surface area (Å²) in [6.07, 6.45) is -1.96. The van der Waals surface area contributed by atoms with Crippen molar-refractivity contribution in [3.05, 3.63) is 70.7 Å². The van der Waals surface area contributed by atoms with Gasteiger partial charge in [0.25, 0.3) is 5.91 Å². The van der Waals surface area contributed by atoms with Crippen LogP contribution in [0, 0.1) is 11.2 Å². The smallest absolute Gasteiger partial charge is 0.398 e. The van der Waals surface area contributed by atoms with Gasteiger partial charge in [0.2, 0.25) is 5.91 Å². The molecule has 1 aliphatic heterocycles. The van der Waals surface area contributed by atoms with E-state index in [2.05, 4.69) is 15.6 Å². The molecule has 13 heteroatoms. The van der Waals surface area contributed by atoms with Crippen molar-refractivity contribution < 1.29 is 36.6 Å². The maximum atomic E-state index is 14.6. The Labute approximate surface area is 244 Å². The molecule has 0 spiro atoms. The quantitative estimate of drug-likeness (QED) is 0.197. The van der Waals surface area contributed by atoms with Crippen LogP contribution in [0.4, 0.5) is 23.2 Å². The summed E-state index contributed by atoms with van der Waals surface area (Å²) < 4.78 is 68.4. The molecule has 2 atom stereocenters. The number of nitrogens with two attached hydrogens (primary N) is 1. The van der Waals surface area contributed by atoms with E-state index < -0.39 is 47.4 Å². The van der Waals surface area contributed by atoms with E-state index in [0.29, 0.717) is 11.3 Å². The fraction of sp³-hybridized carbons (Fsp3) is 0.333. The lowest BCUT2D eigenvalue weighted by Crippen LogP contribution is -2.40. The molecule has 2 aliphatic rings. The molecule has 1 fully saturated rings. The van der Waals surface area contributed by atoms with E-state index in [1.807, 2.05) is 0 Å². The minimum atomic E-state index is -4.86. The minimum absolute atomic E-state index is 0.0131. The third kappa shape index (κ3) is 5.84. The van der Waals surface area contributed by atoms with Gasteiger partial charge in [-0.15, -0.1) is 0 Å². The number of hydrogen-bond acceptors (Lipinski definition) is 7. The molecule has 3 aromatic rings. The maximum absolute atomic E-state index is 14.6. The number of halogens is 4. The fourth-order valence-corrected chi connectivity index (χ4v) is 4.92. The Bertz CT molecular complexity index is 1590. The van der Waals surface area contributed by atoms with Crippen LogP contribution in [0.5, 0.6) is 11.5 Å². The van der Waals surface area contributed by atoms with Gasteiger partial charge in [0.1, 0.15) is 40.9 Å². The van der Waals surface area contributed by atoms with Crippen molar-refractivity contribution in [2.24, 2.45) is 5.73 Å². The van der Waals surface area contributed by atoms with Gasteiger partial charge in [-0.25, -0.2) is 9.37 Å². The maximum Gasteiger partial charge on any atom is 0.398 e. The van der Waals surface area contributed by atoms with Gasteiger partial charge in [0, 0.05) is 41.2 Å². The number of aromatic nitrogens is 1. The van der Waals surface area contributed by atoms with Crippen LogP contribution in [0.25, 0.3) is 11.3 Å².